The molecule has 0 saturated heterocycles. The lowest BCUT2D eigenvalue weighted by Crippen LogP contribution is -2.45. The Labute approximate surface area is 227 Å². The van der Waals surface area contributed by atoms with E-state index in [0.717, 1.165) is 28.6 Å². The molecule has 1 heterocycles. The Kier molecular flexibility index (Phi) is 7.87. The molecule has 2 aromatic rings. The molecule has 4 rings (SSSR count). The van der Waals surface area contributed by atoms with Gasteiger partial charge in [-0.2, -0.15) is 18.3 Å². The number of hydrogen-bond acceptors (Lipinski definition) is 4. The fourth-order valence-electron chi connectivity index (χ4n) is 5.74. The Hall–Kier alpha value is -2.59. The van der Waals surface area contributed by atoms with Crippen LogP contribution in [-0.4, -0.2) is 50.5 Å². The summed E-state index contributed by atoms with van der Waals surface area (Å²) in [5, 5.41) is 13.0. The van der Waals surface area contributed by atoms with E-state index in [-0.39, 0.29) is 58.7 Å². The van der Waals surface area contributed by atoms with E-state index in [1.807, 2.05) is 0 Å². The molecule has 0 atom stereocenters. The minimum atomic E-state index is -4.89. The van der Waals surface area contributed by atoms with Crippen molar-refractivity contribution in [3.63, 3.8) is 0 Å². The van der Waals surface area contributed by atoms with Crippen LogP contribution in [0.4, 0.5) is 13.2 Å². The Balaban J connectivity index is 1.63. The normalized spacial score (nSPS) is 20.9. The maximum Gasteiger partial charge on any atom is 0.433 e. The van der Waals surface area contributed by atoms with Gasteiger partial charge in [-0.3, -0.25) is 19.1 Å². The molecule has 0 unspecified atom stereocenters. The second kappa shape index (κ2) is 10.5. The molecular formula is C26H28Cl2F3N3O4. The third kappa shape index (κ3) is 6.01. The number of Topliss-reactive ketones (excluding diaryl/α,β-unsaturated/α-hetero) is 1. The van der Waals surface area contributed by atoms with Crippen LogP contribution in [-0.2, 0) is 11.0 Å². The molecule has 206 valence electrons. The molecule has 0 bridgehead atoms. The van der Waals surface area contributed by atoms with Gasteiger partial charge in [-0.1, -0.05) is 43.1 Å². The highest BCUT2D eigenvalue weighted by Crippen LogP contribution is 2.46. The quantitative estimate of drug-likeness (QED) is 0.350. The highest BCUT2D eigenvalue weighted by molar-refractivity contribution is 6.40. The highest BCUT2D eigenvalue weighted by atomic mass is 35.5. The molecular weight excluding hydrogens is 546 g/mol. The van der Waals surface area contributed by atoms with E-state index in [2.05, 4.69) is 18.9 Å². The predicted molar refractivity (Wildman–Crippen MR) is 134 cm³/mol. The van der Waals surface area contributed by atoms with Crippen LogP contribution in [0.2, 0.25) is 10.0 Å². The number of carboxylic acids is 1. The summed E-state index contributed by atoms with van der Waals surface area (Å²) in [5.41, 5.74) is -1.78. The number of hydrogen-bond donors (Lipinski definition) is 1. The number of carbonyl (C=O) groups excluding carboxylic acids is 2. The standard InChI is InChI=1S/C26H28Cl2F3N3O4/c1-25(2)9-15(10-25)12-33(13-20(35)22-18(27)4-3-5-19(22)28)24(38)17-11-32-34(23(17)26(29,30)31)16-6-14(7-16)8-21(36)37/h3-5,11,14-16H,6-10,12-13H2,1-2H3,(H,36,37). The Bertz CT molecular complexity index is 1230. The molecule has 0 aliphatic heterocycles. The van der Waals surface area contributed by atoms with Crippen LogP contribution >= 0.6 is 23.2 Å². The zero-order valence-corrected chi connectivity index (χ0v) is 22.4. The number of rotatable bonds is 9. The van der Waals surface area contributed by atoms with Gasteiger partial charge in [-0.05, 0) is 55.1 Å². The van der Waals surface area contributed by atoms with Crippen molar-refractivity contribution in [3.8, 4) is 0 Å². The van der Waals surface area contributed by atoms with Gasteiger partial charge in [0, 0.05) is 13.0 Å². The SMILES string of the molecule is CC1(C)CC(CN(CC(=O)c2c(Cl)cccc2Cl)C(=O)c2cnn(C3CC(CC(=O)O)C3)c2C(F)(F)F)C1. The summed E-state index contributed by atoms with van der Waals surface area (Å²) in [5.74, 6) is -2.77. The maximum atomic E-state index is 14.2. The number of benzene rings is 1. The number of ketones is 1. The first-order valence-corrected chi connectivity index (χ1v) is 13.0. The number of aliphatic carboxylic acids is 1. The largest absolute Gasteiger partial charge is 0.481 e. The van der Waals surface area contributed by atoms with Crippen molar-refractivity contribution in [1.82, 2.24) is 14.7 Å². The molecule has 1 aromatic heterocycles. The van der Waals surface area contributed by atoms with Gasteiger partial charge in [-0.25, -0.2) is 0 Å². The lowest BCUT2D eigenvalue weighted by molar-refractivity contribution is -0.147. The second-order valence-electron chi connectivity index (χ2n) is 11.1. The third-order valence-electron chi connectivity index (χ3n) is 7.34. The number of aromatic nitrogens is 2. The fourth-order valence-corrected chi connectivity index (χ4v) is 6.35. The van der Waals surface area contributed by atoms with Crippen molar-refractivity contribution in [2.45, 2.75) is 58.2 Å². The lowest BCUT2D eigenvalue weighted by atomic mass is 9.64. The topological polar surface area (TPSA) is 92.5 Å². The number of alkyl halides is 3. The third-order valence-corrected chi connectivity index (χ3v) is 7.97. The first-order chi connectivity index (χ1) is 17.7. The molecule has 1 amide bonds. The molecule has 2 aliphatic carbocycles. The molecule has 1 N–H and O–H groups in total. The minimum Gasteiger partial charge on any atom is -0.481 e. The van der Waals surface area contributed by atoms with E-state index in [1.165, 1.54) is 12.1 Å². The van der Waals surface area contributed by atoms with Crippen LogP contribution in [0.3, 0.4) is 0 Å². The van der Waals surface area contributed by atoms with E-state index in [4.69, 9.17) is 28.3 Å². The number of halogens is 5. The van der Waals surface area contributed by atoms with Crippen LogP contribution in [0.5, 0.6) is 0 Å². The van der Waals surface area contributed by atoms with E-state index < -0.39 is 47.7 Å². The Morgan fingerprint density at radius 1 is 1.13 bits per heavy atom. The van der Waals surface area contributed by atoms with E-state index in [0.29, 0.717) is 0 Å². The molecule has 0 radical (unpaired) electrons. The summed E-state index contributed by atoms with van der Waals surface area (Å²) in [6.45, 7) is 3.73. The zero-order chi connectivity index (χ0) is 28.0. The highest BCUT2D eigenvalue weighted by Gasteiger charge is 2.46. The molecule has 7 nitrogen and oxygen atoms in total. The maximum absolute atomic E-state index is 14.2. The minimum absolute atomic E-state index is 0.00764. The zero-order valence-electron chi connectivity index (χ0n) is 20.9. The van der Waals surface area contributed by atoms with E-state index in [9.17, 15) is 27.6 Å². The summed E-state index contributed by atoms with van der Waals surface area (Å²) in [6.07, 6.45) is -2.18. The van der Waals surface area contributed by atoms with Crippen LogP contribution in [0, 0.1) is 17.3 Å². The van der Waals surface area contributed by atoms with Crippen LogP contribution in [0.25, 0.3) is 0 Å². The van der Waals surface area contributed by atoms with Gasteiger partial charge in [0.25, 0.3) is 5.91 Å². The first kappa shape index (κ1) is 28.4. The molecule has 2 fully saturated rings. The lowest BCUT2D eigenvalue weighted by Gasteiger charge is -2.44. The van der Waals surface area contributed by atoms with Crippen molar-refractivity contribution in [2.75, 3.05) is 13.1 Å². The van der Waals surface area contributed by atoms with Gasteiger partial charge in [0.15, 0.2) is 11.5 Å². The van der Waals surface area contributed by atoms with Gasteiger partial charge >= 0.3 is 12.1 Å². The van der Waals surface area contributed by atoms with Crippen molar-refractivity contribution in [1.29, 1.82) is 0 Å². The molecule has 0 spiro atoms. The Morgan fingerprint density at radius 3 is 2.26 bits per heavy atom. The number of nitrogens with zero attached hydrogens (tertiary/aromatic N) is 3. The van der Waals surface area contributed by atoms with Crippen molar-refractivity contribution in [3.05, 3.63) is 51.3 Å². The van der Waals surface area contributed by atoms with Crippen molar-refractivity contribution >= 4 is 40.9 Å². The summed E-state index contributed by atoms with van der Waals surface area (Å²) in [4.78, 5) is 38.8. The number of amides is 1. The molecule has 38 heavy (non-hydrogen) atoms. The Morgan fingerprint density at radius 2 is 1.74 bits per heavy atom. The summed E-state index contributed by atoms with van der Waals surface area (Å²) < 4.78 is 43.5. The summed E-state index contributed by atoms with van der Waals surface area (Å²) in [7, 11) is 0. The second-order valence-corrected chi connectivity index (χ2v) is 11.9. The average molecular weight is 574 g/mol. The molecule has 2 aliphatic rings. The molecule has 2 saturated carbocycles. The molecule has 12 heteroatoms. The monoisotopic (exact) mass is 573 g/mol. The van der Waals surface area contributed by atoms with Crippen molar-refractivity contribution in [2.24, 2.45) is 17.3 Å². The van der Waals surface area contributed by atoms with Gasteiger partial charge in [0.05, 0.1) is 40.0 Å². The first-order valence-electron chi connectivity index (χ1n) is 12.3. The predicted octanol–water partition coefficient (Wildman–Crippen LogP) is 6.40. The van der Waals surface area contributed by atoms with Gasteiger partial charge in [0.1, 0.15) is 0 Å². The van der Waals surface area contributed by atoms with Crippen LogP contribution in [0.15, 0.2) is 24.4 Å². The average Bonchev–Trinajstić information content (AvgIpc) is 3.18. The fraction of sp³-hybridized carbons (Fsp3) is 0.538. The molecule has 1 aromatic carbocycles. The summed E-state index contributed by atoms with van der Waals surface area (Å²) in [6, 6.07) is 3.85. The summed E-state index contributed by atoms with van der Waals surface area (Å²) >= 11 is 12.3. The number of carboxylic acid groups (broad SMARTS) is 1. The van der Waals surface area contributed by atoms with Crippen molar-refractivity contribution < 1.29 is 32.7 Å². The number of carbonyl (C=O) groups is 3. The van der Waals surface area contributed by atoms with E-state index in [1.54, 1.807) is 6.07 Å². The van der Waals surface area contributed by atoms with Crippen LogP contribution in [0.1, 0.15) is 78.4 Å². The van der Waals surface area contributed by atoms with Gasteiger partial charge in [0.2, 0.25) is 0 Å². The van der Waals surface area contributed by atoms with E-state index >= 15 is 0 Å². The smallest absolute Gasteiger partial charge is 0.433 e. The van der Waals surface area contributed by atoms with Gasteiger partial charge < -0.3 is 10.0 Å². The van der Waals surface area contributed by atoms with Gasteiger partial charge in [-0.15, -0.1) is 0 Å². The van der Waals surface area contributed by atoms with Crippen LogP contribution < -0.4 is 0 Å².